The Morgan fingerprint density at radius 3 is 2.52 bits per heavy atom. The van der Waals surface area contributed by atoms with Crippen LogP contribution < -0.4 is 5.32 Å². The van der Waals surface area contributed by atoms with Crippen molar-refractivity contribution in [2.45, 2.75) is 13.0 Å². The van der Waals surface area contributed by atoms with Crippen LogP contribution >= 0.6 is 38.5 Å². The van der Waals surface area contributed by atoms with Gasteiger partial charge in [0.15, 0.2) is 0 Å². The van der Waals surface area contributed by atoms with Crippen molar-refractivity contribution in [1.82, 2.24) is 0 Å². The number of phenols is 1. The first-order chi connectivity index (χ1) is 12.8. The second kappa shape index (κ2) is 9.75. The predicted octanol–water partition coefficient (Wildman–Crippen LogP) is 5.33. The molecule has 0 aliphatic carbocycles. The van der Waals surface area contributed by atoms with E-state index in [9.17, 15) is 14.7 Å². The zero-order valence-corrected chi connectivity index (χ0v) is 18.0. The van der Waals surface area contributed by atoms with Crippen molar-refractivity contribution < 1.29 is 24.5 Å². The van der Waals surface area contributed by atoms with Gasteiger partial charge in [-0.1, -0.05) is 28.9 Å². The number of amides is 1. The lowest BCUT2D eigenvalue weighted by Gasteiger charge is -2.23. The largest absolute Gasteiger partial charge is 0.508 e. The molecule has 0 saturated carbocycles. The number of aromatic hydroxyl groups is 1. The summed E-state index contributed by atoms with van der Waals surface area (Å²) in [6.45, 7) is 1.70. The molecule has 8 heteroatoms. The topological polar surface area (TPSA) is 95.9 Å². The highest BCUT2D eigenvalue weighted by Crippen LogP contribution is 2.34. The number of nitrogens with one attached hydrogen (secondary N) is 1. The van der Waals surface area contributed by atoms with Crippen LogP contribution in [0.4, 0.5) is 10.5 Å². The summed E-state index contributed by atoms with van der Waals surface area (Å²) in [6, 6.07) is 11.9. The third-order valence-corrected chi connectivity index (χ3v) is 4.84. The van der Waals surface area contributed by atoms with Crippen molar-refractivity contribution >= 4 is 56.3 Å². The highest BCUT2D eigenvalue weighted by molar-refractivity contribution is 14.1. The van der Waals surface area contributed by atoms with Crippen LogP contribution in [0.2, 0.25) is 0 Å². The van der Waals surface area contributed by atoms with E-state index in [2.05, 4.69) is 43.8 Å². The van der Waals surface area contributed by atoms with Crippen LogP contribution in [0, 0.1) is 9.49 Å². The van der Waals surface area contributed by atoms with Gasteiger partial charge in [-0.15, -0.1) is 0 Å². The molecule has 2 atom stereocenters. The lowest BCUT2D eigenvalue weighted by molar-refractivity contribution is -0.131. The maximum atomic E-state index is 12.4. The average Bonchev–Trinajstić information content (AvgIpc) is 2.62. The normalized spacial score (nSPS) is 13.1. The van der Waals surface area contributed by atoms with Gasteiger partial charge in [-0.2, -0.15) is 0 Å². The standard InChI is InChI=1S/C19H17BrINO5/c1-11(2-9-17(24)25)18(15-10-13(21)5-8-16(15)23)27-19(26)22-14-6-3-12(20)4-7-14/h2-11,18,23H,1H3,(H,22,26)(H,24,25)/b9-2+/t11-,18+/m0/s1. The van der Waals surface area contributed by atoms with E-state index >= 15 is 0 Å². The zero-order valence-electron chi connectivity index (χ0n) is 14.2. The fourth-order valence-corrected chi connectivity index (χ4v) is 3.12. The predicted molar refractivity (Wildman–Crippen MR) is 114 cm³/mol. The SMILES string of the molecule is C[C@@H](/C=C/C(=O)O)[C@@H](OC(=O)Nc1ccc(Br)cc1)c1cc(I)ccc1O. The maximum Gasteiger partial charge on any atom is 0.412 e. The summed E-state index contributed by atoms with van der Waals surface area (Å²) < 4.78 is 7.25. The minimum atomic E-state index is -1.10. The van der Waals surface area contributed by atoms with Gasteiger partial charge in [0.25, 0.3) is 0 Å². The van der Waals surface area contributed by atoms with E-state index in [1.165, 1.54) is 12.1 Å². The summed E-state index contributed by atoms with van der Waals surface area (Å²) in [4.78, 5) is 23.2. The summed E-state index contributed by atoms with van der Waals surface area (Å²) >= 11 is 5.40. The number of carboxylic acids is 1. The number of carboxylic acid groups (broad SMARTS) is 1. The van der Waals surface area contributed by atoms with Crippen molar-refractivity contribution in [2.24, 2.45) is 5.92 Å². The molecule has 2 rings (SSSR count). The van der Waals surface area contributed by atoms with Gasteiger partial charge >= 0.3 is 12.1 Å². The third-order valence-electron chi connectivity index (χ3n) is 3.64. The molecule has 2 aromatic carbocycles. The Morgan fingerprint density at radius 1 is 1.22 bits per heavy atom. The molecule has 0 saturated heterocycles. The van der Waals surface area contributed by atoms with Crippen molar-refractivity contribution in [3.63, 3.8) is 0 Å². The second-order valence-corrected chi connectivity index (χ2v) is 7.88. The molecular formula is C19H17BrINO5. The van der Waals surface area contributed by atoms with Gasteiger partial charge in [0.1, 0.15) is 11.9 Å². The number of phenolic OH excluding ortho intramolecular Hbond substituents is 1. The summed E-state index contributed by atoms with van der Waals surface area (Å²) in [7, 11) is 0. The Balaban J connectivity index is 2.25. The van der Waals surface area contributed by atoms with E-state index in [1.807, 2.05) is 0 Å². The number of halogens is 2. The molecule has 27 heavy (non-hydrogen) atoms. The van der Waals surface area contributed by atoms with Gasteiger partial charge in [-0.25, -0.2) is 9.59 Å². The quantitative estimate of drug-likeness (QED) is 0.337. The van der Waals surface area contributed by atoms with Crippen LogP contribution in [-0.4, -0.2) is 22.3 Å². The molecule has 0 fully saturated rings. The van der Waals surface area contributed by atoms with Crippen LogP contribution in [0.25, 0.3) is 0 Å². The molecule has 0 spiro atoms. The van der Waals surface area contributed by atoms with Crippen molar-refractivity contribution in [3.8, 4) is 5.75 Å². The molecule has 142 valence electrons. The lowest BCUT2D eigenvalue weighted by Crippen LogP contribution is -2.21. The molecule has 0 heterocycles. The summed E-state index contributed by atoms with van der Waals surface area (Å²) in [5.41, 5.74) is 0.943. The van der Waals surface area contributed by atoms with Crippen molar-refractivity contribution in [2.75, 3.05) is 5.32 Å². The number of aliphatic carboxylic acids is 1. The number of carbonyl (C=O) groups excluding carboxylic acids is 1. The van der Waals surface area contributed by atoms with Gasteiger partial charge < -0.3 is 14.9 Å². The van der Waals surface area contributed by atoms with Crippen molar-refractivity contribution in [1.29, 1.82) is 0 Å². The van der Waals surface area contributed by atoms with Gasteiger partial charge in [-0.3, -0.25) is 5.32 Å². The summed E-state index contributed by atoms with van der Waals surface area (Å²) in [5, 5.41) is 21.7. The number of hydrogen-bond donors (Lipinski definition) is 3. The van der Waals surface area contributed by atoms with E-state index in [0.29, 0.717) is 11.3 Å². The average molecular weight is 546 g/mol. The molecule has 0 bridgehead atoms. The van der Waals surface area contributed by atoms with Gasteiger partial charge in [0.2, 0.25) is 0 Å². The third kappa shape index (κ3) is 6.55. The zero-order chi connectivity index (χ0) is 20.0. The summed E-state index contributed by atoms with van der Waals surface area (Å²) in [5.74, 6) is -1.62. The number of benzene rings is 2. The highest BCUT2D eigenvalue weighted by Gasteiger charge is 2.25. The van der Waals surface area contributed by atoms with Gasteiger partial charge in [-0.05, 0) is 65.1 Å². The van der Waals surface area contributed by atoms with E-state index in [4.69, 9.17) is 9.84 Å². The Hall–Kier alpha value is -2.07. The molecule has 6 nitrogen and oxygen atoms in total. The smallest absolute Gasteiger partial charge is 0.412 e. The number of hydrogen-bond acceptors (Lipinski definition) is 4. The molecule has 0 aliphatic heterocycles. The highest BCUT2D eigenvalue weighted by atomic mass is 127. The minimum absolute atomic E-state index is 0.0348. The van der Waals surface area contributed by atoms with Crippen molar-refractivity contribution in [3.05, 3.63) is 68.2 Å². The van der Waals surface area contributed by atoms with Crippen LogP contribution in [0.15, 0.2) is 59.1 Å². The van der Waals surface area contributed by atoms with Crippen LogP contribution in [0.1, 0.15) is 18.6 Å². The molecular weight excluding hydrogens is 529 g/mol. The lowest BCUT2D eigenvalue weighted by atomic mass is 9.96. The first-order valence-corrected chi connectivity index (χ1v) is 9.76. The number of ether oxygens (including phenoxy) is 1. The van der Waals surface area contributed by atoms with E-state index in [0.717, 1.165) is 14.1 Å². The Bertz CT molecular complexity index is 854. The van der Waals surface area contributed by atoms with Crippen LogP contribution in [-0.2, 0) is 9.53 Å². The van der Waals surface area contributed by atoms with E-state index in [-0.39, 0.29) is 5.75 Å². The maximum absolute atomic E-state index is 12.4. The number of rotatable bonds is 6. The fraction of sp³-hybridized carbons (Fsp3) is 0.158. The first-order valence-electron chi connectivity index (χ1n) is 7.89. The second-order valence-electron chi connectivity index (χ2n) is 5.72. The molecule has 0 aliphatic rings. The van der Waals surface area contributed by atoms with Crippen LogP contribution in [0.5, 0.6) is 5.75 Å². The Morgan fingerprint density at radius 2 is 1.89 bits per heavy atom. The Labute approximate surface area is 178 Å². The van der Waals surface area contributed by atoms with E-state index < -0.39 is 24.1 Å². The molecule has 3 N–H and O–H groups in total. The van der Waals surface area contributed by atoms with Gasteiger partial charge in [0, 0.05) is 31.3 Å². The molecule has 0 aromatic heterocycles. The fourth-order valence-electron chi connectivity index (χ4n) is 2.34. The summed E-state index contributed by atoms with van der Waals surface area (Å²) in [6.07, 6.45) is 0.819. The molecule has 0 radical (unpaired) electrons. The Kier molecular flexibility index (Phi) is 7.66. The monoisotopic (exact) mass is 545 g/mol. The van der Waals surface area contributed by atoms with Crippen LogP contribution in [0.3, 0.4) is 0 Å². The van der Waals surface area contributed by atoms with Gasteiger partial charge in [0.05, 0.1) is 0 Å². The molecule has 1 amide bonds. The van der Waals surface area contributed by atoms with E-state index in [1.54, 1.807) is 43.3 Å². The minimum Gasteiger partial charge on any atom is -0.508 e. The molecule has 0 unspecified atom stereocenters. The number of carbonyl (C=O) groups is 2. The first kappa shape index (κ1) is 21.2. The number of anilines is 1. The molecule has 2 aromatic rings.